The number of rotatable bonds is 2. The van der Waals surface area contributed by atoms with E-state index in [1.165, 1.54) is 0 Å². The molecule has 0 aliphatic carbocycles. The van der Waals surface area contributed by atoms with E-state index < -0.39 is 0 Å². The van der Waals surface area contributed by atoms with Crippen molar-refractivity contribution in [1.82, 2.24) is 9.97 Å². The molecule has 0 spiro atoms. The molecule has 0 aliphatic rings. The number of hydrogen-bond acceptors (Lipinski definition) is 3. The summed E-state index contributed by atoms with van der Waals surface area (Å²) in [5.41, 5.74) is 7.33. The van der Waals surface area contributed by atoms with Gasteiger partial charge in [-0.1, -0.05) is 11.6 Å². The molecule has 2 aromatic rings. The highest BCUT2D eigenvalue weighted by Gasteiger charge is 2.00. The Bertz CT molecular complexity index is 436. The van der Waals surface area contributed by atoms with Gasteiger partial charge in [-0.2, -0.15) is 0 Å². The molecular formula is C11H10ClN3. The lowest BCUT2D eigenvalue weighted by molar-refractivity contribution is 1.01. The van der Waals surface area contributed by atoms with Crippen LogP contribution in [0.1, 0.15) is 5.56 Å². The maximum absolute atomic E-state index is 5.79. The van der Waals surface area contributed by atoms with Crippen molar-refractivity contribution >= 4 is 11.6 Å². The van der Waals surface area contributed by atoms with Crippen LogP contribution in [0.3, 0.4) is 0 Å². The van der Waals surface area contributed by atoms with E-state index in [2.05, 4.69) is 9.97 Å². The third kappa shape index (κ3) is 2.32. The largest absolute Gasteiger partial charge is 0.326 e. The summed E-state index contributed by atoms with van der Waals surface area (Å²) in [4.78, 5) is 8.43. The minimum atomic E-state index is 0.459. The Morgan fingerprint density at radius 2 is 1.67 bits per heavy atom. The molecule has 0 amide bonds. The SMILES string of the molecule is NCc1cnc(-c2ccc(Cl)cc2)nc1. The van der Waals surface area contributed by atoms with Crippen molar-refractivity contribution in [2.45, 2.75) is 6.54 Å². The highest BCUT2D eigenvalue weighted by atomic mass is 35.5. The van der Waals surface area contributed by atoms with Crippen molar-refractivity contribution in [2.24, 2.45) is 5.73 Å². The van der Waals surface area contributed by atoms with Gasteiger partial charge in [0.25, 0.3) is 0 Å². The molecule has 0 atom stereocenters. The first-order chi connectivity index (χ1) is 7.29. The normalized spacial score (nSPS) is 10.3. The monoisotopic (exact) mass is 219 g/mol. The first-order valence-corrected chi connectivity index (χ1v) is 4.94. The molecule has 0 bridgehead atoms. The zero-order chi connectivity index (χ0) is 10.7. The predicted octanol–water partition coefficient (Wildman–Crippen LogP) is 2.26. The van der Waals surface area contributed by atoms with Crippen molar-refractivity contribution in [3.8, 4) is 11.4 Å². The molecule has 0 fully saturated rings. The van der Waals surface area contributed by atoms with Crippen LogP contribution >= 0.6 is 11.6 Å². The summed E-state index contributed by atoms with van der Waals surface area (Å²) in [5, 5.41) is 0.706. The number of nitrogens with zero attached hydrogens (tertiary/aromatic N) is 2. The molecular weight excluding hydrogens is 210 g/mol. The van der Waals surface area contributed by atoms with Gasteiger partial charge in [0.05, 0.1) is 0 Å². The molecule has 15 heavy (non-hydrogen) atoms. The fraction of sp³-hybridized carbons (Fsp3) is 0.0909. The molecule has 1 aromatic carbocycles. The van der Waals surface area contributed by atoms with E-state index in [-0.39, 0.29) is 0 Å². The van der Waals surface area contributed by atoms with Crippen LogP contribution in [0.25, 0.3) is 11.4 Å². The van der Waals surface area contributed by atoms with Gasteiger partial charge in [-0.25, -0.2) is 9.97 Å². The second-order valence-corrected chi connectivity index (χ2v) is 3.56. The van der Waals surface area contributed by atoms with Crippen LogP contribution in [-0.2, 0) is 6.54 Å². The molecule has 2 N–H and O–H groups in total. The van der Waals surface area contributed by atoms with E-state index in [1.54, 1.807) is 12.4 Å². The van der Waals surface area contributed by atoms with E-state index in [0.717, 1.165) is 11.1 Å². The van der Waals surface area contributed by atoms with Crippen LogP contribution in [0.4, 0.5) is 0 Å². The van der Waals surface area contributed by atoms with Gasteiger partial charge in [-0.3, -0.25) is 0 Å². The first kappa shape index (κ1) is 10.1. The Labute approximate surface area is 92.9 Å². The maximum atomic E-state index is 5.79. The lowest BCUT2D eigenvalue weighted by atomic mass is 10.2. The van der Waals surface area contributed by atoms with Gasteiger partial charge in [-0.05, 0) is 24.3 Å². The Balaban J connectivity index is 2.33. The van der Waals surface area contributed by atoms with Crippen LogP contribution in [0.5, 0.6) is 0 Å². The highest BCUT2D eigenvalue weighted by Crippen LogP contribution is 2.17. The van der Waals surface area contributed by atoms with Crippen LogP contribution in [0, 0.1) is 0 Å². The van der Waals surface area contributed by atoms with Crippen molar-refractivity contribution in [1.29, 1.82) is 0 Å². The smallest absolute Gasteiger partial charge is 0.159 e. The van der Waals surface area contributed by atoms with Gasteiger partial charge in [-0.15, -0.1) is 0 Å². The summed E-state index contributed by atoms with van der Waals surface area (Å²) in [5.74, 6) is 0.684. The Hall–Kier alpha value is -1.45. The average Bonchev–Trinajstić information content (AvgIpc) is 2.30. The van der Waals surface area contributed by atoms with Gasteiger partial charge in [0.1, 0.15) is 0 Å². The van der Waals surface area contributed by atoms with Crippen LogP contribution in [0.15, 0.2) is 36.7 Å². The van der Waals surface area contributed by atoms with Gasteiger partial charge in [0.2, 0.25) is 0 Å². The maximum Gasteiger partial charge on any atom is 0.159 e. The fourth-order valence-corrected chi connectivity index (χ4v) is 1.33. The van der Waals surface area contributed by atoms with Crippen LogP contribution < -0.4 is 5.73 Å². The summed E-state index contributed by atoms with van der Waals surface area (Å²) in [6, 6.07) is 7.41. The lowest BCUT2D eigenvalue weighted by Gasteiger charge is -2.00. The predicted molar refractivity (Wildman–Crippen MR) is 60.4 cm³/mol. The van der Waals surface area contributed by atoms with Crippen LogP contribution in [-0.4, -0.2) is 9.97 Å². The van der Waals surface area contributed by atoms with E-state index >= 15 is 0 Å². The van der Waals surface area contributed by atoms with Crippen molar-refractivity contribution in [3.05, 3.63) is 47.2 Å². The van der Waals surface area contributed by atoms with E-state index in [1.807, 2.05) is 24.3 Å². The summed E-state index contributed by atoms with van der Waals surface area (Å²) in [6.45, 7) is 0.459. The third-order valence-electron chi connectivity index (χ3n) is 2.04. The Morgan fingerprint density at radius 3 is 2.20 bits per heavy atom. The quantitative estimate of drug-likeness (QED) is 0.843. The minimum absolute atomic E-state index is 0.459. The number of hydrogen-bond donors (Lipinski definition) is 1. The molecule has 76 valence electrons. The van der Waals surface area contributed by atoms with E-state index in [4.69, 9.17) is 17.3 Å². The second kappa shape index (κ2) is 4.38. The first-order valence-electron chi connectivity index (χ1n) is 4.56. The van der Waals surface area contributed by atoms with E-state index in [9.17, 15) is 0 Å². The number of nitrogens with two attached hydrogens (primary N) is 1. The highest BCUT2D eigenvalue weighted by molar-refractivity contribution is 6.30. The molecule has 1 aromatic heterocycles. The van der Waals surface area contributed by atoms with Gasteiger partial charge in [0, 0.05) is 35.1 Å². The van der Waals surface area contributed by atoms with E-state index in [0.29, 0.717) is 17.4 Å². The molecule has 0 radical (unpaired) electrons. The molecule has 0 aliphatic heterocycles. The molecule has 0 saturated carbocycles. The zero-order valence-corrected chi connectivity index (χ0v) is 8.78. The number of benzene rings is 1. The third-order valence-corrected chi connectivity index (χ3v) is 2.30. The zero-order valence-electron chi connectivity index (χ0n) is 8.02. The van der Waals surface area contributed by atoms with Gasteiger partial charge < -0.3 is 5.73 Å². The molecule has 0 saturated heterocycles. The van der Waals surface area contributed by atoms with Gasteiger partial charge in [0.15, 0.2) is 5.82 Å². The van der Waals surface area contributed by atoms with Crippen molar-refractivity contribution < 1.29 is 0 Å². The second-order valence-electron chi connectivity index (χ2n) is 3.13. The minimum Gasteiger partial charge on any atom is -0.326 e. The number of halogens is 1. The molecule has 2 rings (SSSR count). The molecule has 1 heterocycles. The van der Waals surface area contributed by atoms with Crippen LogP contribution in [0.2, 0.25) is 5.02 Å². The Kier molecular flexibility index (Phi) is 2.94. The average molecular weight is 220 g/mol. The Morgan fingerprint density at radius 1 is 1.07 bits per heavy atom. The lowest BCUT2D eigenvalue weighted by Crippen LogP contribution is -1.98. The van der Waals surface area contributed by atoms with Crippen molar-refractivity contribution in [3.63, 3.8) is 0 Å². The fourth-order valence-electron chi connectivity index (χ4n) is 1.21. The van der Waals surface area contributed by atoms with Gasteiger partial charge >= 0.3 is 0 Å². The summed E-state index contributed by atoms with van der Waals surface area (Å²) >= 11 is 5.79. The molecule has 3 nitrogen and oxygen atoms in total. The van der Waals surface area contributed by atoms with Crippen molar-refractivity contribution in [2.75, 3.05) is 0 Å². The summed E-state index contributed by atoms with van der Waals surface area (Å²) in [7, 11) is 0. The topological polar surface area (TPSA) is 51.8 Å². The molecule has 4 heteroatoms. The number of aromatic nitrogens is 2. The molecule has 0 unspecified atom stereocenters. The summed E-state index contributed by atoms with van der Waals surface area (Å²) < 4.78 is 0. The summed E-state index contributed by atoms with van der Waals surface area (Å²) in [6.07, 6.45) is 3.47. The standard InChI is InChI=1S/C11H10ClN3/c12-10-3-1-9(2-4-10)11-14-6-8(5-13)7-15-11/h1-4,6-7H,5,13H2.